The summed E-state index contributed by atoms with van der Waals surface area (Å²) < 4.78 is 32.5. The van der Waals surface area contributed by atoms with Crippen molar-refractivity contribution >= 4 is 16.7 Å². The third-order valence-electron chi connectivity index (χ3n) is 4.63. The number of hydrogen-bond donors (Lipinski definition) is 2. The normalized spacial score (nSPS) is 11.5. The number of aromatic amines is 1. The summed E-state index contributed by atoms with van der Waals surface area (Å²) in [6.07, 6.45) is 3.28. The van der Waals surface area contributed by atoms with E-state index >= 15 is 0 Å². The molecule has 1 amide bonds. The van der Waals surface area contributed by atoms with Crippen LogP contribution in [0.5, 0.6) is 0 Å². The number of halogens is 3. The van der Waals surface area contributed by atoms with Gasteiger partial charge in [-0.25, -0.2) is 18.2 Å². The Morgan fingerprint density at radius 2 is 1.83 bits per heavy atom. The van der Waals surface area contributed by atoms with Gasteiger partial charge in [0.15, 0.2) is 0 Å². The van der Waals surface area contributed by atoms with Crippen LogP contribution in [0.2, 0.25) is 0 Å². The van der Waals surface area contributed by atoms with Crippen LogP contribution in [-0.4, -0.2) is 22.8 Å². The Hall–Kier alpha value is -3.61. The summed E-state index contributed by atoms with van der Waals surface area (Å²) in [5.74, 6) is -0.407. The number of rotatable bonds is 4. The van der Waals surface area contributed by atoms with Crippen molar-refractivity contribution in [2.24, 2.45) is 0 Å². The number of fused-ring (bicyclic) bond motifs is 1. The number of nitrogens with one attached hydrogen (secondary N) is 2. The van der Waals surface area contributed by atoms with Crippen LogP contribution in [0.4, 0.5) is 13.2 Å². The largest absolute Gasteiger partial charge is 0.347 e. The molecule has 0 spiro atoms. The van der Waals surface area contributed by atoms with Crippen LogP contribution in [0.25, 0.3) is 21.9 Å². The first kappa shape index (κ1) is 21.1. The molecule has 0 radical (unpaired) electrons. The number of hydrogen-bond acceptors (Lipinski definition) is 2. The molecule has 0 saturated carbocycles. The van der Waals surface area contributed by atoms with E-state index in [0.717, 1.165) is 27.6 Å². The third-order valence-corrected chi connectivity index (χ3v) is 4.63. The van der Waals surface area contributed by atoms with Crippen LogP contribution in [0.1, 0.15) is 29.0 Å². The van der Waals surface area contributed by atoms with Crippen LogP contribution in [0, 0.1) is 5.82 Å². The summed E-state index contributed by atoms with van der Waals surface area (Å²) in [5, 5.41) is 4.94. The van der Waals surface area contributed by atoms with Gasteiger partial charge in [-0.05, 0) is 53.1 Å². The number of carbonyl (C=O) groups excluding carboxylic acids is 1. The van der Waals surface area contributed by atoms with Gasteiger partial charge in [0.25, 0.3) is 5.91 Å². The molecule has 7 heteroatoms. The first-order valence-electron chi connectivity index (χ1n) is 9.23. The van der Waals surface area contributed by atoms with Crippen molar-refractivity contribution < 1.29 is 18.0 Å². The molecule has 0 fully saturated rings. The van der Waals surface area contributed by atoms with Gasteiger partial charge in [0, 0.05) is 5.56 Å². The lowest BCUT2D eigenvalue weighted by Crippen LogP contribution is -2.26. The molecule has 3 aromatic carbocycles. The number of aromatic nitrogens is 2. The predicted octanol–water partition coefficient (Wildman–Crippen LogP) is 5.74. The molecule has 154 valence electrons. The maximum atomic E-state index is 13.2. The minimum absolute atomic E-state index is 0.147. The summed E-state index contributed by atoms with van der Waals surface area (Å²) in [6.45, 7) is 0.152. The highest BCUT2D eigenvalue weighted by atomic mass is 19.3. The Morgan fingerprint density at radius 1 is 1.10 bits per heavy atom. The smallest absolute Gasteiger partial charge is 0.251 e. The van der Waals surface area contributed by atoms with E-state index in [1.165, 1.54) is 12.1 Å². The van der Waals surface area contributed by atoms with E-state index in [4.69, 9.17) is 0 Å². The number of benzene rings is 3. The van der Waals surface area contributed by atoms with E-state index < -0.39 is 6.93 Å². The van der Waals surface area contributed by atoms with Crippen molar-refractivity contribution in [3.8, 4) is 11.1 Å². The lowest BCUT2D eigenvalue weighted by molar-refractivity contribution is 0.0939. The van der Waals surface area contributed by atoms with Gasteiger partial charge < -0.3 is 10.3 Å². The molecule has 4 nitrogen and oxygen atoms in total. The molecule has 0 aliphatic rings. The van der Waals surface area contributed by atoms with E-state index in [0.29, 0.717) is 5.56 Å². The topological polar surface area (TPSA) is 57.8 Å². The van der Waals surface area contributed by atoms with E-state index in [2.05, 4.69) is 15.3 Å². The van der Waals surface area contributed by atoms with Gasteiger partial charge in [-0.15, -0.1) is 0 Å². The fourth-order valence-electron chi connectivity index (χ4n) is 3.17. The first-order chi connectivity index (χ1) is 14.5. The van der Waals surface area contributed by atoms with Gasteiger partial charge in [-0.1, -0.05) is 36.4 Å². The summed E-state index contributed by atoms with van der Waals surface area (Å²) in [7, 11) is 0. The number of nitrogens with zero attached hydrogens (tertiary/aromatic N) is 1. The Bertz CT molecular complexity index is 1110. The number of carbonyl (C=O) groups is 1. The molecule has 1 aromatic heterocycles. The minimum atomic E-state index is -1.75. The van der Waals surface area contributed by atoms with Crippen LogP contribution in [-0.2, 0) is 0 Å². The zero-order valence-corrected chi connectivity index (χ0v) is 16.2. The van der Waals surface area contributed by atoms with Crippen LogP contribution in [0.15, 0.2) is 73.2 Å². The predicted molar refractivity (Wildman–Crippen MR) is 111 cm³/mol. The van der Waals surface area contributed by atoms with Crippen molar-refractivity contribution in [1.29, 1.82) is 0 Å². The number of alkyl halides is 2. The van der Waals surface area contributed by atoms with Crippen molar-refractivity contribution in [3.63, 3.8) is 0 Å². The van der Waals surface area contributed by atoms with Crippen LogP contribution >= 0.6 is 0 Å². The van der Waals surface area contributed by atoms with Gasteiger partial charge >= 0.3 is 0 Å². The second kappa shape index (κ2) is 9.73. The van der Waals surface area contributed by atoms with Gasteiger partial charge in [-0.2, -0.15) is 0 Å². The Balaban J connectivity index is 0.000000806. The molecule has 2 N–H and O–H groups in total. The average molecular weight is 411 g/mol. The lowest BCUT2D eigenvalue weighted by Gasteiger charge is -2.13. The molecule has 0 unspecified atom stereocenters. The lowest BCUT2D eigenvalue weighted by atomic mass is 9.97. The standard InChI is InChI=1S/C22H18FN3O.CH2F2/c1-14(21-12-24-13-25-21)26-22(27)17-7-10-20-16(11-17)3-2-4-19(20)15-5-8-18(23)9-6-15;2-1-3/h2-14H,1H3,(H,24,25)(H,26,27);1H2/t14-;/m1./s1. The first-order valence-corrected chi connectivity index (χ1v) is 9.23. The van der Waals surface area contributed by atoms with Crippen molar-refractivity contribution in [3.05, 3.63) is 90.3 Å². The van der Waals surface area contributed by atoms with Gasteiger partial charge in [-0.3, -0.25) is 4.79 Å². The van der Waals surface area contributed by atoms with Crippen molar-refractivity contribution in [2.45, 2.75) is 13.0 Å². The minimum Gasteiger partial charge on any atom is -0.347 e. The fourth-order valence-corrected chi connectivity index (χ4v) is 3.17. The number of imidazole rings is 1. The Kier molecular flexibility index (Phi) is 6.85. The van der Waals surface area contributed by atoms with Crippen molar-refractivity contribution in [1.82, 2.24) is 15.3 Å². The van der Waals surface area contributed by atoms with Gasteiger partial charge in [0.2, 0.25) is 6.93 Å². The summed E-state index contributed by atoms with van der Waals surface area (Å²) in [5.41, 5.74) is 3.38. The van der Waals surface area contributed by atoms with Gasteiger partial charge in [0.1, 0.15) is 5.82 Å². The van der Waals surface area contributed by atoms with E-state index in [1.807, 2.05) is 43.3 Å². The molecule has 1 heterocycles. The summed E-state index contributed by atoms with van der Waals surface area (Å²) in [6, 6.07) is 17.8. The number of H-pyrrole nitrogens is 1. The zero-order valence-electron chi connectivity index (χ0n) is 16.2. The van der Waals surface area contributed by atoms with Crippen LogP contribution in [0.3, 0.4) is 0 Å². The highest BCUT2D eigenvalue weighted by Crippen LogP contribution is 2.29. The SMILES string of the molecule is C[C@@H](NC(=O)c1ccc2c(-c3ccc(F)cc3)cccc2c1)c1cnc[nH]1.FCF. The fraction of sp³-hybridized carbons (Fsp3) is 0.130. The highest BCUT2D eigenvalue weighted by Gasteiger charge is 2.13. The zero-order chi connectivity index (χ0) is 21.5. The maximum Gasteiger partial charge on any atom is 0.251 e. The molecule has 0 aliphatic carbocycles. The quantitative estimate of drug-likeness (QED) is 0.450. The van der Waals surface area contributed by atoms with E-state index in [-0.39, 0.29) is 17.8 Å². The number of amides is 1. The molecular formula is C23H20F3N3O. The molecule has 4 rings (SSSR count). The highest BCUT2D eigenvalue weighted by molar-refractivity contribution is 6.02. The molecule has 1 atom stereocenters. The third kappa shape index (κ3) is 4.86. The Labute approximate surface area is 171 Å². The second-order valence-electron chi connectivity index (χ2n) is 6.55. The van der Waals surface area contributed by atoms with Crippen molar-refractivity contribution in [2.75, 3.05) is 6.93 Å². The second-order valence-corrected chi connectivity index (χ2v) is 6.55. The summed E-state index contributed by atoms with van der Waals surface area (Å²) in [4.78, 5) is 19.6. The Morgan fingerprint density at radius 3 is 2.50 bits per heavy atom. The monoisotopic (exact) mass is 411 g/mol. The van der Waals surface area contributed by atoms with Gasteiger partial charge in [0.05, 0.1) is 24.3 Å². The summed E-state index contributed by atoms with van der Waals surface area (Å²) >= 11 is 0. The molecule has 0 saturated heterocycles. The van der Waals surface area contributed by atoms with E-state index in [9.17, 15) is 18.0 Å². The molecule has 4 aromatic rings. The maximum absolute atomic E-state index is 13.2. The molecule has 0 bridgehead atoms. The molecule has 0 aliphatic heterocycles. The average Bonchev–Trinajstić information content (AvgIpc) is 3.29. The molecular weight excluding hydrogens is 391 g/mol. The molecule has 30 heavy (non-hydrogen) atoms. The van der Waals surface area contributed by atoms with Crippen LogP contribution < -0.4 is 5.32 Å². The van der Waals surface area contributed by atoms with E-state index in [1.54, 1.807) is 24.7 Å².